The van der Waals surface area contributed by atoms with Crippen LogP contribution < -0.4 is 5.73 Å². The van der Waals surface area contributed by atoms with E-state index in [0.29, 0.717) is 5.92 Å². The van der Waals surface area contributed by atoms with Crippen molar-refractivity contribution < 1.29 is 0 Å². The molecule has 1 aromatic heterocycles. The molecule has 0 radical (unpaired) electrons. The maximum atomic E-state index is 6.41. The topological polar surface area (TPSA) is 43.8 Å². The smallest absolute Gasteiger partial charge is 0.108 e. The lowest BCUT2D eigenvalue weighted by Crippen LogP contribution is -2.29. The van der Waals surface area contributed by atoms with E-state index < -0.39 is 0 Å². The lowest BCUT2D eigenvalue weighted by molar-refractivity contribution is 0.524. The van der Waals surface area contributed by atoms with Gasteiger partial charge in [-0.15, -0.1) is 11.8 Å². The third kappa shape index (κ3) is 2.55. The first-order valence-corrected chi connectivity index (χ1v) is 7.68. The summed E-state index contributed by atoms with van der Waals surface area (Å²) in [4.78, 5) is 5.76. The lowest BCUT2D eigenvalue weighted by atomic mass is 9.91. The Kier molecular flexibility index (Phi) is 3.62. The van der Waals surface area contributed by atoms with Crippen LogP contribution in [-0.4, -0.2) is 21.3 Å². The molecule has 0 amide bonds. The van der Waals surface area contributed by atoms with Crippen LogP contribution in [0.25, 0.3) is 0 Å². The van der Waals surface area contributed by atoms with Gasteiger partial charge in [0.05, 0.1) is 0 Å². The number of imidazole rings is 1. The van der Waals surface area contributed by atoms with E-state index in [9.17, 15) is 0 Å². The van der Waals surface area contributed by atoms with Crippen LogP contribution in [0.3, 0.4) is 0 Å². The monoisotopic (exact) mass is 273 g/mol. The second-order valence-corrected chi connectivity index (χ2v) is 6.17. The predicted molar refractivity (Wildman–Crippen MR) is 79.4 cm³/mol. The molecule has 3 nitrogen and oxygen atoms in total. The summed E-state index contributed by atoms with van der Waals surface area (Å²) >= 11 is 1.93. The van der Waals surface area contributed by atoms with E-state index in [1.54, 1.807) is 0 Å². The van der Waals surface area contributed by atoms with Crippen LogP contribution in [0.1, 0.15) is 23.7 Å². The number of hydrogen-bond acceptors (Lipinski definition) is 3. The van der Waals surface area contributed by atoms with Gasteiger partial charge in [0.15, 0.2) is 0 Å². The quantitative estimate of drug-likeness (QED) is 0.931. The number of aryl methyl sites for hydroxylation is 2. The molecular weight excluding hydrogens is 254 g/mol. The van der Waals surface area contributed by atoms with Crippen LogP contribution in [-0.2, 0) is 13.5 Å². The molecular formula is C15H19N3S. The van der Waals surface area contributed by atoms with Gasteiger partial charge in [-0.2, -0.15) is 0 Å². The highest BCUT2D eigenvalue weighted by Crippen LogP contribution is 2.41. The Bertz CT molecular complexity index is 564. The van der Waals surface area contributed by atoms with E-state index in [0.717, 1.165) is 24.4 Å². The standard InChI is InChI=1S/C15H19N3S/c1-18-9-8-17-15(18)7-6-13(16)12-10-19-14-5-3-2-4-11(12)14/h2-5,8-9,12-13H,6-7,10,16H2,1H3. The Hall–Kier alpha value is -1.26. The van der Waals surface area contributed by atoms with Crippen molar-refractivity contribution in [3.63, 3.8) is 0 Å². The summed E-state index contributed by atoms with van der Waals surface area (Å²) in [5.74, 6) is 2.72. The fraction of sp³-hybridized carbons (Fsp3) is 0.400. The Morgan fingerprint density at radius 3 is 3.11 bits per heavy atom. The van der Waals surface area contributed by atoms with Crippen molar-refractivity contribution in [2.24, 2.45) is 12.8 Å². The van der Waals surface area contributed by atoms with Gasteiger partial charge < -0.3 is 10.3 Å². The zero-order valence-electron chi connectivity index (χ0n) is 11.1. The molecule has 2 heterocycles. The molecule has 0 spiro atoms. The summed E-state index contributed by atoms with van der Waals surface area (Å²) in [6.07, 6.45) is 5.78. The molecule has 2 atom stereocenters. The Morgan fingerprint density at radius 2 is 2.32 bits per heavy atom. The summed E-state index contributed by atoms with van der Waals surface area (Å²) in [6.45, 7) is 0. The first-order valence-electron chi connectivity index (χ1n) is 6.69. The number of aromatic nitrogens is 2. The van der Waals surface area contributed by atoms with Crippen molar-refractivity contribution >= 4 is 11.8 Å². The lowest BCUT2D eigenvalue weighted by Gasteiger charge is -2.19. The van der Waals surface area contributed by atoms with Gasteiger partial charge in [0, 0.05) is 48.5 Å². The number of nitrogens with two attached hydrogens (primary N) is 1. The maximum absolute atomic E-state index is 6.41. The first kappa shape index (κ1) is 12.8. The van der Waals surface area contributed by atoms with Gasteiger partial charge in [-0.1, -0.05) is 18.2 Å². The van der Waals surface area contributed by atoms with Crippen molar-refractivity contribution in [1.82, 2.24) is 9.55 Å². The summed E-state index contributed by atoms with van der Waals surface area (Å²) in [6, 6.07) is 8.86. The Morgan fingerprint density at radius 1 is 1.47 bits per heavy atom. The molecule has 1 aliphatic rings. The van der Waals surface area contributed by atoms with E-state index in [2.05, 4.69) is 33.8 Å². The fourth-order valence-electron chi connectivity index (χ4n) is 2.68. The maximum Gasteiger partial charge on any atom is 0.108 e. The second kappa shape index (κ2) is 5.39. The molecule has 4 heteroatoms. The molecule has 0 fully saturated rings. The average Bonchev–Trinajstić information content (AvgIpc) is 3.02. The summed E-state index contributed by atoms with van der Waals surface area (Å²) in [7, 11) is 2.04. The van der Waals surface area contributed by atoms with E-state index in [-0.39, 0.29) is 6.04 Å². The molecule has 0 bridgehead atoms. The van der Waals surface area contributed by atoms with Crippen LogP contribution >= 0.6 is 11.8 Å². The molecule has 2 unspecified atom stereocenters. The fourth-order valence-corrected chi connectivity index (χ4v) is 4.02. The number of fused-ring (bicyclic) bond motifs is 1. The third-order valence-corrected chi connectivity index (χ3v) is 5.08. The summed E-state index contributed by atoms with van der Waals surface area (Å²) in [5, 5.41) is 0. The zero-order chi connectivity index (χ0) is 13.2. The van der Waals surface area contributed by atoms with Crippen molar-refractivity contribution in [2.75, 3.05) is 5.75 Å². The first-order chi connectivity index (χ1) is 9.25. The number of thioether (sulfide) groups is 1. The molecule has 2 N–H and O–H groups in total. The molecule has 0 aliphatic carbocycles. The number of benzene rings is 1. The number of nitrogens with zero attached hydrogens (tertiary/aromatic N) is 2. The molecule has 19 heavy (non-hydrogen) atoms. The van der Waals surface area contributed by atoms with Gasteiger partial charge in [0.2, 0.25) is 0 Å². The molecule has 2 aromatic rings. The number of hydrogen-bond donors (Lipinski definition) is 1. The zero-order valence-corrected chi connectivity index (χ0v) is 11.9. The Balaban J connectivity index is 1.66. The van der Waals surface area contributed by atoms with Gasteiger partial charge in [0.25, 0.3) is 0 Å². The molecule has 1 aromatic carbocycles. The SMILES string of the molecule is Cn1ccnc1CCC(N)C1CSc2ccccc21. The molecule has 1 aliphatic heterocycles. The minimum atomic E-state index is 0.216. The molecule has 0 saturated heterocycles. The van der Waals surface area contributed by atoms with Crippen molar-refractivity contribution in [1.29, 1.82) is 0 Å². The summed E-state index contributed by atoms with van der Waals surface area (Å²) in [5.41, 5.74) is 7.84. The Labute approximate surface area is 118 Å². The predicted octanol–water partition coefficient (Wildman–Crippen LogP) is 2.57. The molecule has 100 valence electrons. The number of rotatable bonds is 4. The second-order valence-electron chi connectivity index (χ2n) is 5.11. The van der Waals surface area contributed by atoms with E-state index >= 15 is 0 Å². The third-order valence-electron chi connectivity index (χ3n) is 3.88. The largest absolute Gasteiger partial charge is 0.338 e. The highest BCUT2D eigenvalue weighted by atomic mass is 32.2. The van der Waals surface area contributed by atoms with Crippen LogP contribution in [0, 0.1) is 0 Å². The van der Waals surface area contributed by atoms with Crippen LogP contribution in [0.5, 0.6) is 0 Å². The van der Waals surface area contributed by atoms with E-state index in [4.69, 9.17) is 5.73 Å². The van der Waals surface area contributed by atoms with Crippen molar-refractivity contribution in [3.8, 4) is 0 Å². The highest BCUT2D eigenvalue weighted by molar-refractivity contribution is 7.99. The van der Waals surface area contributed by atoms with Crippen LogP contribution in [0.2, 0.25) is 0 Å². The highest BCUT2D eigenvalue weighted by Gasteiger charge is 2.27. The average molecular weight is 273 g/mol. The van der Waals surface area contributed by atoms with Crippen LogP contribution in [0.15, 0.2) is 41.6 Å². The van der Waals surface area contributed by atoms with Gasteiger partial charge in [0.1, 0.15) is 5.82 Å². The van der Waals surface area contributed by atoms with Gasteiger partial charge in [-0.3, -0.25) is 0 Å². The van der Waals surface area contributed by atoms with Gasteiger partial charge in [-0.25, -0.2) is 4.98 Å². The minimum Gasteiger partial charge on any atom is -0.338 e. The molecule has 3 rings (SSSR count). The van der Waals surface area contributed by atoms with Gasteiger partial charge >= 0.3 is 0 Å². The van der Waals surface area contributed by atoms with E-state index in [1.165, 1.54) is 10.5 Å². The van der Waals surface area contributed by atoms with Crippen LogP contribution in [0.4, 0.5) is 0 Å². The van der Waals surface area contributed by atoms with Gasteiger partial charge in [-0.05, 0) is 18.1 Å². The molecule has 0 saturated carbocycles. The van der Waals surface area contributed by atoms with E-state index in [1.807, 2.05) is 31.2 Å². The van der Waals surface area contributed by atoms with Crippen molar-refractivity contribution in [2.45, 2.75) is 29.7 Å². The van der Waals surface area contributed by atoms with Crippen molar-refractivity contribution in [3.05, 3.63) is 48.0 Å². The minimum absolute atomic E-state index is 0.216. The normalized spacial score (nSPS) is 19.4. The summed E-state index contributed by atoms with van der Waals surface area (Å²) < 4.78 is 2.07.